The molecule has 2 heterocycles. The SMILES string of the molecule is O=C(NCCCN1CCCCCC1)c1ccsc1. The summed E-state index contributed by atoms with van der Waals surface area (Å²) in [6.45, 7) is 4.37. The van der Waals surface area contributed by atoms with E-state index >= 15 is 0 Å². The Morgan fingerprint density at radius 2 is 2.06 bits per heavy atom. The van der Waals surface area contributed by atoms with Gasteiger partial charge in [0.15, 0.2) is 0 Å². The second kappa shape index (κ2) is 7.54. The summed E-state index contributed by atoms with van der Waals surface area (Å²) in [4.78, 5) is 14.2. The molecule has 0 bridgehead atoms. The van der Waals surface area contributed by atoms with Gasteiger partial charge < -0.3 is 10.2 Å². The molecule has 18 heavy (non-hydrogen) atoms. The van der Waals surface area contributed by atoms with E-state index in [4.69, 9.17) is 0 Å². The fourth-order valence-electron chi connectivity index (χ4n) is 2.36. The highest BCUT2D eigenvalue weighted by Crippen LogP contribution is 2.09. The molecule has 0 atom stereocenters. The van der Waals surface area contributed by atoms with Crippen molar-refractivity contribution in [3.63, 3.8) is 0 Å². The zero-order chi connectivity index (χ0) is 12.6. The first kappa shape index (κ1) is 13.6. The van der Waals surface area contributed by atoms with Gasteiger partial charge in [-0.3, -0.25) is 4.79 Å². The fourth-order valence-corrected chi connectivity index (χ4v) is 3.00. The number of carbonyl (C=O) groups is 1. The van der Waals surface area contributed by atoms with Crippen molar-refractivity contribution in [2.75, 3.05) is 26.2 Å². The van der Waals surface area contributed by atoms with Crippen LogP contribution in [0.2, 0.25) is 0 Å². The normalized spacial score (nSPS) is 17.3. The third-order valence-corrected chi connectivity index (χ3v) is 4.10. The van der Waals surface area contributed by atoms with Crippen molar-refractivity contribution in [3.05, 3.63) is 22.4 Å². The van der Waals surface area contributed by atoms with Crippen LogP contribution in [-0.2, 0) is 0 Å². The van der Waals surface area contributed by atoms with E-state index in [2.05, 4.69) is 10.2 Å². The number of rotatable bonds is 5. The monoisotopic (exact) mass is 266 g/mol. The van der Waals surface area contributed by atoms with Crippen LogP contribution >= 0.6 is 11.3 Å². The molecule has 1 aromatic heterocycles. The van der Waals surface area contributed by atoms with E-state index in [9.17, 15) is 4.79 Å². The van der Waals surface area contributed by atoms with E-state index in [0.717, 1.165) is 25.1 Å². The minimum absolute atomic E-state index is 0.0621. The van der Waals surface area contributed by atoms with Crippen molar-refractivity contribution in [1.82, 2.24) is 10.2 Å². The van der Waals surface area contributed by atoms with Crippen molar-refractivity contribution in [3.8, 4) is 0 Å². The van der Waals surface area contributed by atoms with Gasteiger partial charge in [0.25, 0.3) is 5.91 Å². The standard InChI is InChI=1S/C14H22N2OS/c17-14(13-6-11-18-12-13)15-7-5-10-16-8-3-1-2-4-9-16/h6,11-12H,1-5,7-10H2,(H,15,17). The minimum atomic E-state index is 0.0621. The van der Waals surface area contributed by atoms with Gasteiger partial charge in [-0.15, -0.1) is 0 Å². The zero-order valence-electron chi connectivity index (χ0n) is 10.9. The predicted molar refractivity (Wildman–Crippen MR) is 76.2 cm³/mol. The Hall–Kier alpha value is -0.870. The van der Waals surface area contributed by atoms with Gasteiger partial charge in [-0.2, -0.15) is 11.3 Å². The number of nitrogens with zero attached hydrogens (tertiary/aromatic N) is 1. The van der Waals surface area contributed by atoms with Gasteiger partial charge in [0.1, 0.15) is 0 Å². The maximum absolute atomic E-state index is 11.7. The third kappa shape index (κ3) is 4.42. The van der Waals surface area contributed by atoms with Gasteiger partial charge in [0.05, 0.1) is 0 Å². The van der Waals surface area contributed by atoms with Gasteiger partial charge in [0, 0.05) is 17.5 Å². The second-order valence-corrected chi connectivity index (χ2v) is 5.66. The van der Waals surface area contributed by atoms with Crippen molar-refractivity contribution >= 4 is 17.2 Å². The van der Waals surface area contributed by atoms with Crippen LogP contribution in [0.25, 0.3) is 0 Å². The molecule has 1 saturated heterocycles. The number of thiophene rings is 1. The number of carbonyl (C=O) groups excluding carboxylic acids is 1. The Morgan fingerprint density at radius 1 is 1.28 bits per heavy atom. The van der Waals surface area contributed by atoms with Crippen LogP contribution in [0, 0.1) is 0 Å². The molecular formula is C14H22N2OS. The largest absolute Gasteiger partial charge is 0.352 e. The van der Waals surface area contributed by atoms with Crippen LogP contribution < -0.4 is 5.32 Å². The summed E-state index contributed by atoms with van der Waals surface area (Å²) in [5, 5.41) is 6.81. The molecule has 0 unspecified atom stereocenters. The maximum atomic E-state index is 11.7. The quantitative estimate of drug-likeness (QED) is 0.831. The summed E-state index contributed by atoms with van der Waals surface area (Å²) in [7, 11) is 0. The van der Waals surface area contributed by atoms with E-state index in [0.29, 0.717) is 0 Å². The summed E-state index contributed by atoms with van der Waals surface area (Å²) in [6, 6.07) is 1.87. The summed E-state index contributed by atoms with van der Waals surface area (Å²) in [5.41, 5.74) is 0.787. The molecular weight excluding hydrogens is 244 g/mol. The highest BCUT2D eigenvalue weighted by atomic mass is 32.1. The first-order chi connectivity index (χ1) is 8.86. The smallest absolute Gasteiger partial charge is 0.252 e. The molecule has 3 nitrogen and oxygen atoms in total. The Morgan fingerprint density at radius 3 is 2.72 bits per heavy atom. The van der Waals surface area contributed by atoms with Crippen LogP contribution in [0.5, 0.6) is 0 Å². The van der Waals surface area contributed by atoms with Gasteiger partial charge >= 0.3 is 0 Å². The average molecular weight is 266 g/mol. The lowest BCUT2D eigenvalue weighted by molar-refractivity contribution is 0.0952. The molecule has 0 radical (unpaired) electrons. The van der Waals surface area contributed by atoms with E-state index in [1.54, 1.807) is 11.3 Å². The number of hydrogen-bond donors (Lipinski definition) is 1. The first-order valence-electron chi connectivity index (χ1n) is 6.89. The Kier molecular flexibility index (Phi) is 5.68. The van der Waals surface area contributed by atoms with E-state index in [1.807, 2.05) is 16.8 Å². The lowest BCUT2D eigenvalue weighted by Gasteiger charge is -2.19. The molecule has 0 saturated carbocycles. The van der Waals surface area contributed by atoms with Gasteiger partial charge in [-0.1, -0.05) is 12.8 Å². The molecule has 0 aromatic carbocycles. The third-order valence-electron chi connectivity index (χ3n) is 3.42. The Labute approximate surface area is 113 Å². The molecule has 0 spiro atoms. The number of nitrogens with one attached hydrogen (secondary N) is 1. The van der Waals surface area contributed by atoms with E-state index < -0.39 is 0 Å². The van der Waals surface area contributed by atoms with Gasteiger partial charge in [0.2, 0.25) is 0 Å². The van der Waals surface area contributed by atoms with Crippen LogP contribution in [0.1, 0.15) is 42.5 Å². The molecule has 2 rings (SSSR count). The van der Waals surface area contributed by atoms with Crippen LogP contribution in [0.4, 0.5) is 0 Å². The molecule has 1 amide bonds. The molecule has 4 heteroatoms. The first-order valence-corrected chi connectivity index (χ1v) is 7.83. The number of likely N-dealkylation sites (tertiary alicyclic amines) is 1. The molecule has 1 aliphatic rings. The molecule has 1 fully saturated rings. The number of amides is 1. The van der Waals surface area contributed by atoms with Crippen molar-refractivity contribution in [2.24, 2.45) is 0 Å². The molecule has 1 N–H and O–H groups in total. The topological polar surface area (TPSA) is 32.3 Å². The molecule has 0 aliphatic carbocycles. The summed E-state index contributed by atoms with van der Waals surface area (Å²) in [6.07, 6.45) is 6.48. The van der Waals surface area contributed by atoms with Crippen molar-refractivity contribution in [1.29, 1.82) is 0 Å². The highest BCUT2D eigenvalue weighted by Gasteiger charge is 2.09. The predicted octanol–water partition coefficient (Wildman–Crippen LogP) is 2.74. The van der Waals surface area contributed by atoms with Crippen LogP contribution in [0.15, 0.2) is 16.8 Å². The van der Waals surface area contributed by atoms with Crippen molar-refractivity contribution < 1.29 is 4.79 Å². The summed E-state index contributed by atoms with van der Waals surface area (Å²) < 4.78 is 0. The Balaban J connectivity index is 1.59. The fraction of sp³-hybridized carbons (Fsp3) is 0.643. The second-order valence-electron chi connectivity index (χ2n) is 4.88. The molecule has 1 aromatic rings. The average Bonchev–Trinajstić information content (AvgIpc) is 2.80. The highest BCUT2D eigenvalue weighted by molar-refractivity contribution is 7.08. The van der Waals surface area contributed by atoms with Gasteiger partial charge in [-0.25, -0.2) is 0 Å². The van der Waals surface area contributed by atoms with E-state index in [1.165, 1.54) is 38.8 Å². The summed E-state index contributed by atoms with van der Waals surface area (Å²) >= 11 is 1.56. The van der Waals surface area contributed by atoms with Crippen LogP contribution in [-0.4, -0.2) is 37.0 Å². The molecule has 100 valence electrons. The zero-order valence-corrected chi connectivity index (χ0v) is 11.7. The Bertz CT molecular complexity index is 343. The maximum Gasteiger partial charge on any atom is 0.252 e. The molecule has 1 aliphatic heterocycles. The van der Waals surface area contributed by atoms with Crippen molar-refractivity contribution in [2.45, 2.75) is 32.1 Å². The van der Waals surface area contributed by atoms with Gasteiger partial charge in [-0.05, 0) is 50.3 Å². The number of hydrogen-bond acceptors (Lipinski definition) is 3. The van der Waals surface area contributed by atoms with E-state index in [-0.39, 0.29) is 5.91 Å². The minimum Gasteiger partial charge on any atom is -0.352 e. The van der Waals surface area contributed by atoms with Crippen LogP contribution in [0.3, 0.4) is 0 Å². The lowest BCUT2D eigenvalue weighted by Crippen LogP contribution is -2.30. The summed E-state index contributed by atoms with van der Waals surface area (Å²) in [5.74, 6) is 0.0621. The lowest BCUT2D eigenvalue weighted by atomic mass is 10.2.